The summed E-state index contributed by atoms with van der Waals surface area (Å²) in [4.78, 5) is 45.2. The van der Waals surface area contributed by atoms with Crippen molar-refractivity contribution in [2.75, 3.05) is 26.7 Å². The van der Waals surface area contributed by atoms with Gasteiger partial charge in [-0.1, -0.05) is 24.3 Å². The summed E-state index contributed by atoms with van der Waals surface area (Å²) in [6.07, 6.45) is 3.88. The molecule has 8 nitrogen and oxygen atoms in total. The maximum Gasteiger partial charge on any atom is 0.265 e. The number of fused-ring (bicyclic) bond motifs is 3. The van der Waals surface area contributed by atoms with E-state index in [4.69, 9.17) is 4.74 Å². The van der Waals surface area contributed by atoms with E-state index in [1.165, 1.54) is 18.4 Å². The maximum absolute atomic E-state index is 13.7. The molecular formula is C26H26N4O4S. The van der Waals surface area contributed by atoms with E-state index in [1.807, 2.05) is 47.4 Å². The first-order valence-corrected chi connectivity index (χ1v) is 12.5. The Morgan fingerprint density at radius 3 is 2.74 bits per heavy atom. The van der Waals surface area contributed by atoms with Gasteiger partial charge in [-0.25, -0.2) is 0 Å². The number of para-hydroxylation sites is 1. The second-order valence-electron chi connectivity index (χ2n) is 8.49. The molecule has 0 bridgehead atoms. The largest absolute Gasteiger partial charge is 0.494 e. The first-order valence-electron chi connectivity index (χ1n) is 11.7. The zero-order valence-corrected chi connectivity index (χ0v) is 20.3. The van der Waals surface area contributed by atoms with Gasteiger partial charge in [0.25, 0.3) is 11.5 Å². The van der Waals surface area contributed by atoms with Crippen LogP contribution in [0.4, 0.5) is 0 Å². The van der Waals surface area contributed by atoms with Crippen LogP contribution in [0.3, 0.4) is 0 Å². The Hall–Kier alpha value is -3.72. The minimum atomic E-state index is -0.282. The molecule has 4 aromatic rings. The number of nitrogens with zero attached hydrogens (tertiary/aromatic N) is 3. The standard InChI is InChI=1S/C26H26N4O4S/c1-34-22-21-23(35-24(22)25(32)28-13-7-15-29-14-6-11-20(29)31)18-9-2-3-10-19(18)30(26(21)33)16-17-8-4-5-12-27-17/h2-5,8-10,12H,6-7,11,13-16H2,1H3,(H,28,32). The molecule has 3 aromatic heterocycles. The van der Waals surface area contributed by atoms with Gasteiger partial charge in [0.15, 0.2) is 5.75 Å². The first kappa shape index (κ1) is 23.0. The van der Waals surface area contributed by atoms with E-state index < -0.39 is 0 Å². The topological polar surface area (TPSA) is 93.5 Å². The molecule has 9 heteroatoms. The second kappa shape index (κ2) is 9.87. The summed E-state index contributed by atoms with van der Waals surface area (Å²) >= 11 is 1.27. The van der Waals surface area contributed by atoms with Gasteiger partial charge in [-0.05, 0) is 31.0 Å². The molecule has 0 aliphatic carbocycles. The smallest absolute Gasteiger partial charge is 0.265 e. The molecule has 0 radical (unpaired) electrons. The number of amides is 2. The van der Waals surface area contributed by atoms with Crippen molar-refractivity contribution >= 4 is 44.1 Å². The molecule has 1 fully saturated rings. The van der Waals surface area contributed by atoms with Crippen molar-refractivity contribution in [2.45, 2.75) is 25.8 Å². The third-order valence-electron chi connectivity index (χ3n) is 6.28. The van der Waals surface area contributed by atoms with Gasteiger partial charge in [0.1, 0.15) is 10.3 Å². The van der Waals surface area contributed by atoms with E-state index in [0.717, 1.165) is 34.3 Å². The van der Waals surface area contributed by atoms with Gasteiger partial charge < -0.3 is 19.5 Å². The van der Waals surface area contributed by atoms with Crippen LogP contribution in [0.15, 0.2) is 53.5 Å². The summed E-state index contributed by atoms with van der Waals surface area (Å²) in [5, 5.41) is 4.22. The normalized spacial score (nSPS) is 13.6. The number of likely N-dealkylation sites (tertiary alicyclic amines) is 1. The fraction of sp³-hybridized carbons (Fsp3) is 0.308. The van der Waals surface area contributed by atoms with Gasteiger partial charge in [0, 0.05) is 37.6 Å². The summed E-state index contributed by atoms with van der Waals surface area (Å²) in [7, 11) is 1.48. The average molecular weight is 491 g/mol. The van der Waals surface area contributed by atoms with Gasteiger partial charge in [-0.2, -0.15) is 0 Å². The number of benzene rings is 1. The Kier molecular flexibility index (Phi) is 6.50. The highest BCUT2D eigenvalue weighted by Gasteiger charge is 2.25. The molecule has 1 aliphatic heterocycles. The minimum absolute atomic E-state index is 0.177. The zero-order valence-electron chi connectivity index (χ0n) is 19.5. The summed E-state index contributed by atoms with van der Waals surface area (Å²) in [6.45, 7) is 2.16. The average Bonchev–Trinajstić information content (AvgIpc) is 3.48. The van der Waals surface area contributed by atoms with E-state index in [1.54, 1.807) is 10.8 Å². The van der Waals surface area contributed by atoms with Gasteiger partial charge in [-0.15, -0.1) is 11.3 Å². The van der Waals surface area contributed by atoms with E-state index in [2.05, 4.69) is 10.3 Å². The second-order valence-corrected chi connectivity index (χ2v) is 9.51. The Morgan fingerprint density at radius 1 is 1.17 bits per heavy atom. The third kappa shape index (κ3) is 4.39. The molecule has 0 saturated carbocycles. The molecule has 0 spiro atoms. The maximum atomic E-state index is 13.7. The molecule has 1 saturated heterocycles. The lowest BCUT2D eigenvalue weighted by atomic mass is 10.1. The van der Waals surface area contributed by atoms with Crippen molar-refractivity contribution < 1.29 is 14.3 Å². The number of hydrogen-bond donors (Lipinski definition) is 1. The van der Waals surface area contributed by atoms with Gasteiger partial charge in [0.2, 0.25) is 5.91 Å². The third-order valence-corrected chi connectivity index (χ3v) is 7.48. The lowest BCUT2D eigenvalue weighted by Crippen LogP contribution is -2.30. The predicted octanol–water partition coefficient (Wildman–Crippen LogP) is 3.41. The van der Waals surface area contributed by atoms with Gasteiger partial charge in [-0.3, -0.25) is 19.4 Å². The van der Waals surface area contributed by atoms with Crippen LogP contribution >= 0.6 is 11.3 Å². The number of carbonyl (C=O) groups is 2. The molecule has 2 amide bonds. The summed E-state index contributed by atoms with van der Waals surface area (Å²) in [6, 6.07) is 13.3. The van der Waals surface area contributed by atoms with Crippen LogP contribution < -0.4 is 15.6 Å². The number of ether oxygens (including phenoxy) is 1. The number of methoxy groups -OCH3 is 1. The molecular weight excluding hydrogens is 464 g/mol. The molecule has 5 rings (SSSR count). The molecule has 0 atom stereocenters. The monoisotopic (exact) mass is 490 g/mol. The number of aromatic nitrogens is 2. The lowest BCUT2D eigenvalue weighted by Gasteiger charge is -2.15. The van der Waals surface area contributed by atoms with Gasteiger partial charge >= 0.3 is 0 Å². The SMILES string of the molecule is COc1c(C(=O)NCCCN2CCCC2=O)sc2c1c(=O)n(Cc1ccccn1)c1ccccc21. The molecule has 1 aromatic carbocycles. The summed E-state index contributed by atoms with van der Waals surface area (Å²) < 4.78 is 8.04. The van der Waals surface area contributed by atoms with E-state index in [9.17, 15) is 14.4 Å². The van der Waals surface area contributed by atoms with E-state index in [-0.39, 0.29) is 17.4 Å². The Morgan fingerprint density at radius 2 is 2.00 bits per heavy atom. The van der Waals surface area contributed by atoms with Gasteiger partial charge in [0.05, 0.1) is 29.6 Å². The van der Waals surface area contributed by atoms with Crippen LogP contribution in [-0.4, -0.2) is 53.0 Å². The van der Waals surface area contributed by atoms with Crippen molar-refractivity contribution in [3.05, 3.63) is 69.6 Å². The van der Waals surface area contributed by atoms with E-state index >= 15 is 0 Å². The van der Waals surface area contributed by atoms with Crippen LogP contribution in [-0.2, 0) is 11.3 Å². The fourth-order valence-corrected chi connectivity index (χ4v) is 5.80. The van der Waals surface area contributed by atoms with Crippen molar-refractivity contribution in [3.8, 4) is 5.75 Å². The fourth-order valence-electron chi connectivity index (χ4n) is 4.59. The highest BCUT2D eigenvalue weighted by Crippen LogP contribution is 2.39. The highest BCUT2D eigenvalue weighted by molar-refractivity contribution is 7.22. The number of hydrogen-bond acceptors (Lipinski definition) is 6. The number of thiophene rings is 1. The molecule has 180 valence electrons. The zero-order chi connectivity index (χ0) is 24.4. The van der Waals surface area contributed by atoms with Crippen molar-refractivity contribution in [1.29, 1.82) is 0 Å². The van der Waals surface area contributed by atoms with Crippen LogP contribution in [0.1, 0.15) is 34.6 Å². The van der Waals surface area contributed by atoms with Crippen LogP contribution in [0.5, 0.6) is 5.75 Å². The molecule has 1 aliphatic rings. The quantitative estimate of drug-likeness (QED) is 0.382. The predicted molar refractivity (Wildman–Crippen MR) is 136 cm³/mol. The Bertz CT molecular complexity index is 1460. The van der Waals surface area contributed by atoms with Crippen LogP contribution in [0.25, 0.3) is 21.0 Å². The van der Waals surface area contributed by atoms with Crippen molar-refractivity contribution in [1.82, 2.24) is 19.8 Å². The molecule has 4 heterocycles. The Labute approximate surface area is 206 Å². The first-order chi connectivity index (χ1) is 17.1. The van der Waals surface area contributed by atoms with E-state index in [0.29, 0.717) is 48.5 Å². The van der Waals surface area contributed by atoms with Crippen LogP contribution in [0.2, 0.25) is 0 Å². The van der Waals surface area contributed by atoms with Crippen molar-refractivity contribution in [3.63, 3.8) is 0 Å². The molecule has 0 unspecified atom stereocenters. The Balaban J connectivity index is 1.48. The van der Waals surface area contributed by atoms with Crippen molar-refractivity contribution in [2.24, 2.45) is 0 Å². The molecule has 35 heavy (non-hydrogen) atoms. The van der Waals surface area contributed by atoms with Crippen LogP contribution in [0, 0.1) is 0 Å². The number of nitrogens with one attached hydrogen (secondary N) is 1. The molecule has 1 N–H and O–H groups in total. The summed E-state index contributed by atoms with van der Waals surface area (Å²) in [5.74, 6) is 0.190. The highest BCUT2D eigenvalue weighted by atomic mass is 32.1. The number of pyridine rings is 2. The number of carbonyl (C=O) groups excluding carboxylic acids is 2. The minimum Gasteiger partial charge on any atom is -0.494 e. The summed E-state index contributed by atoms with van der Waals surface area (Å²) in [5.41, 5.74) is 1.33. The number of rotatable bonds is 8. The lowest BCUT2D eigenvalue weighted by molar-refractivity contribution is -0.127.